The Morgan fingerprint density at radius 3 is 2.79 bits per heavy atom. The predicted octanol–water partition coefficient (Wildman–Crippen LogP) is 0.649. The maximum absolute atomic E-state index is 11.7. The second-order valence-electron chi connectivity index (χ2n) is 4.91. The smallest absolute Gasteiger partial charge is 0.315 e. The molecule has 0 atom stereocenters. The summed E-state index contributed by atoms with van der Waals surface area (Å²) < 4.78 is 0. The molecule has 1 aromatic heterocycles. The molecule has 1 aliphatic carbocycles. The van der Waals surface area contributed by atoms with E-state index in [1.807, 2.05) is 0 Å². The number of carbonyl (C=O) groups is 2. The lowest BCUT2D eigenvalue weighted by atomic mass is 9.74. The molecular formula is C12H18N4O3. The van der Waals surface area contributed by atoms with Crippen LogP contribution in [0.1, 0.15) is 31.4 Å². The maximum atomic E-state index is 11.7. The number of hydrogen-bond donors (Lipinski definition) is 4. The minimum atomic E-state index is -0.877. The van der Waals surface area contributed by atoms with Crippen molar-refractivity contribution in [3.63, 3.8) is 0 Å². The van der Waals surface area contributed by atoms with Crippen LogP contribution in [-0.4, -0.2) is 39.2 Å². The van der Waals surface area contributed by atoms with Crippen LogP contribution in [0.15, 0.2) is 12.5 Å². The van der Waals surface area contributed by atoms with Crippen LogP contribution in [0.25, 0.3) is 0 Å². The number of rotatable bonds is 6. The first kappa shape index (κ1) is 13.4. The molecule has 4 N–H and O–H groups in total. The van der Waals surface area contributed by atoms with Gasteiger partial charge in [0, 0.05) is 24.9 Å². The zero-order valence-electron chi connectivity index (χ0n) is 10.6. The molecule has 1 aliphatic rings. The molecule has 0 spiro atoms. The number of aliphatic carboxylic acids is 1. The Kier molecular flexibility index (Phi) is 4.03. The van der Waals surface area contributed by atoms with Crippen molar-refractivity contribution < 1.29 is 14.7 Å². The van der Waals surface area contributed by atoms with Crippen molar-refractivity contribution in [2.45, 2.75) is 37.6 Å². The summed E-state index contributed by atoms with van der Waals surface area (Å²) in [6, 6.07) is -0.305. The van der Waals surface area contributed by atoms with Crippen molar-refractivity contribution in [1.29, 1.82) is 0 Å². The van der Waals surface area contributed by atoms with E-state index in [9.17, 15) is 9.59 Å². The van der Waals surface area contributed by atoms with E-state index in [1.54, 1.807) is 12.5 Å². The highest BCUT2D eigenvalue weighted by Crippen LogP contribution is 2.34. The van der Waals surface area contributed by atoms with E-state index in [4.69, 9.17) is 5.11 Å². The van der Waals surface area contributed by atoms with Gasteiger partial charge in [-0.2, -0.15) is 0 Å². The topological polar surface area (TPSA) is 107 Å². The average molecular weight is 266 g/mol. The summed E-state index contributed by atoms with van der Waals surface area (Å²) >= 11 is 0. The number of imidazole rings is 1. The van der Waals surface area contributed by atoms with Gasteiger partial charge in [0.2, 0.25) is 0 Å². The number of carboxylic acids is 1. The molecule has 0 saturated heterocycles. The monoisotopic (exact) mass is 266 g/mol. The first-order valence-corrected chi connectivity index (χ1v) is 6.35. The third-order valence-corrected chi connectivity index (χ3v) is 3.41. The maximum Gasteiger partial charge on any atom is 0.315 e. The zero-order valence-corrected chi connectivity index (χ0v) is 10.6. The van der Waals surface area contributed by atoms with Crippen LogP contribution in [0.2, 0.25) is 0 Å². The number of carbonyl (C=O) groups excluding carboxylic acids is 1. The van der Waals surface area contributed by atoms with Gasteiger partial charge < -0.3 is 20.7 Å². The van der Waals surface area contributed by atoms with Crippen LogP contribution in [0.3, 0.4) is 0 Å². The summed E-state index contributed by atoms with van der Waals surface area (Å²) in [6.07, 6.45) is 6.37. The quantitative estimate of drug-likeness (QED) is 0.606. The minimum absolute atomic E-state index is 0.0129. The predicted molar refractivity (Wildman–Crippen MR) is 67.7 cm³/mol. The van der Waals surface area contributed by atoms with Crippen LogP contribution in [0, 0.1) is 0 Å². The van der Waals surface area contributed by atoms with Gasteiger partial charge in [0.15, 0.2) is 0 Å². The highest BCUT2D eigenvalue weighted by Gasteiger charge is 2.40. The van der Waals surface area contributed by atoms with Gasteiger partial charge in [-0.1, -0.05) is 0 Å². The molecule has 104 valence electrons. The summed E-state index contributed by atoms with van der Waals surface area (Å²) in [5.41, 5.74) is 0.397. The SMILES string of the molecule is O=C(O)CC1(NC(=O)NCCc2cnc[nH]2)CCC1. The summed E-state index contributed by atoms with van der Waals surface area (Å²) in [6.45, 7) is 0.483. The highest BCUT2D eigenvalue weighted by molar-refractivity contribution is 5.77. The third-order valence-electron chi connectivity index (χ3n) is 3.41. The first-order chi connectivity index (χ1) is 9.10. The Balaban J connectivity index is 1.72. The molecule has 0 radical (unpaired) electrons. The fourth-order valence-corrected chi connectivity index (χ4v) is 2.26. The number of H-pyrrole nitrogens is 1. The van der Waals surface area contributed by atoms with Gasteiger partial charge in [-0.05, 0) is 19.3 Å². The number of carboxylic acid groups (broad SMARTS) is 1. The molecule has 19 heavy (non-hydrogen) atoms. The number of amides is 2. The second kappa shape index (κ2) is 5.73. The zero-order chi connectivity index (χ0) is 13.7. The van der Waals surface area contributed by atoms with Crippen LogP contribution in [0.4, 0.5) is 4.79 Å². The molecular weight excluding hydrogens is 248 g/mol. The summed E-state index contributed by atoms with van der Waals surface area (Å²) in [5.74, 6) is -0.877. The Hall–Kier alpha value is -2.05. The molecule has 2 amide bonds. The Morgan fingerprint density at radius 2 is 2.26 bits per heavy atom. The molecule has 1 aromatic rings. The van der Waals surface area contributed by atoms with Crippen LogP contribution in [0.5, 0.6) is 0 Å². The van der Waals surface area contributed by atoms with Gasteiger partial charge in [0.05, 0.1) is 18.3 Å². The average Bonchev–Trinajstić information content (AvgIpc) is 2.78. The van der Waals surface area contributed by atoms with Crippen LogP contribution in [-0.2, 0) is 11.2 Å². The fraction of sp³-hybridized carbons (Fsp3) is 0.583. The summed E-state index contributed by atoms with van der Waals surface area (Å²) in [4.78, 5) is 29.3. The minimum Gasteiger partial charge on any atom is -0.481 e. The Labute approximate surface area is 110 Å². The molecule has 2 rings (SSSR count). The molecule has 0 aliphatic heterocycles. The van der Waals surface area contributed by atoms with E-state index >= 15 is 0 Å². The van der Waals surface area contributed by atoms with Gasteiger partial charge in [-0.25, -0.2) is 9.78 Å². The van der Waals surface area contributed by atoms with E-state index in [-0.39, 0.29) is 12.5 Å². The molecule has 1 heterocycles. The Bertz CT molecular complexity index is 440. The second-order valence-corrected chi connectivity index (χ2v) is 4.91. The van der Waals surface area contributed by atoms with Gasteiger partial charge in [-0.3, -0.25) is 4.79 Å². The molecule has 0 unspecified atom stereocenters. The van der Waals surface area contributed by atoms with Gasteiger partial charge in [0.25, 0.3) is 0 Å². The third kappa shape index (κ3) is 3.70. The Morgan fingerprint density at radius 1 is 1.47 bits per heavy atom. The lowest BCUT2D eigenvalue weighted by Crippen LogP contribution is -2.57. The largest absolute Gasteiger partial charge is 0.481 e. The number of hydrogen-bond acceptors (Lipinski definition) is 3. The van der Waals surface area contributed by atoms with E-state index in [0.29, 0.717) is 13.0 Å². The molecule has 1 fully saturated rings. The van der Waals surface area contributed by atoms with E-state index in [2.05, 4.69) is 20.6 Å². The number of nitrogens with one attached hydrogen (secondary N) is 3. The number of urea groups is 1. The molecule has 7 heteroatoms. The van der Waals surface area contributed by atoms with Crippen molar-refractivity contribution in [3.8, 4) is 0 Å². The number of aromatic nitrogens is 2. The molecule has 7 nitrogen and oxygen atoms in total. The van der Waals surface area contributed by atoms with E-state index in [1.165, 1.54) is 0 Å². The van der Waals surface area contributed by atoms with E-state index < -0.39 is 11.5 Å². The normalized spacial score (nSPS) is 16.4. The number of nitrogens with zero attached hydrogens (tertiary/aromatic N) is 1. The summed E-state index contributed by atoms with van der Waals surface area (Å²) in [7, 11) is 0. The molecule has 0 bridgehead atoms. The summed E-state index contributed by atoms with van der Waals surface area (Å²) in [5, 5.41) is 14.4. The van der Waals surface area contributed by atoms with Gasteiger partial charge >= 0.3 is 12.0 Å². The van der Waals surface area contributed by atoms with Crippen molar-refractivity contribution in [1.82, 2.24) is 20.6 Å². The van der Waals surface area contributed by atoms with Crippen LogP contribution >= 0.6 is 0 Å². The lowest BCUT2D eigenvalue weighted by Gasteiger charge is -2.41. The van der Waals surface area contributed by atoms with Gasteiger partial charge in [-0.15, -0.1) is 0 Å². The molecule has 0 aromatic carbocycles. The van der Waals surface area contributed by atoms with Crippen molar-refractivity contribution in [2.75, 3.05) is 6.54 Å². The lowest BCUT2D eigenvalue weighted by molar-refractivity contribution is -0.139. The first-order valence-electron chi connectivity index (χ1n) is 6.35. The van der Waals surface area contributed by atoms with Crippen molar-refractivity contribution in [2.24, 2.45) is 0 Å². The standard InChI is InChI=1S/C12H18N4O3/c17-10(18)6-12(3-1-4-12)16-11(19)14-5-2-9-7-13-8-15-9/h7-8H,1-6H2,(H,13,15)(H,17,18)(H2,14,16,19). The van der Waals surface area contributed by atoms with Gasteiger partial charge in [0.1, 0.15) is 0 Å². The van der Waals surface area contributed by atoms with Crippen molar-refractivity contribution >= 4 is 12.0 Å². The highest BCUT2D eigenvalue weighted by atomic mass is 16.4. The number of aromatic amines is 1. The van der Waals surface area contributed by atoms with Crippen molar-refractivity contribution in [3.05, 3.63) is 18.2 Å². The van der Waals surface area contributed by atoms with Crippen LogP contribution < -0.4 is 10.6 Å². The van der Waals surface area contributed by atoms with E-state index in [0.717, 1.165) is 25.0 Å². The fourth-order valence-electron chi connectivity index (χ4n) is 2.26. The molecule has 1 saturated carbocycles.